The van der Waals surface area contributed by atoms with Gasteiger partial charge in [0, 0.05) is 31.4 Å². The quantitative estimate of drug-likeness (QED) is 0.705. The molecule has 0 aromatic heterocycles. The fraction of sp³-hybridized carbons (Fsp3) is 0.571. The standard InChI is InChI=1S/C14H22N2O2/c17-9-11-18-10-7-15-13-6-8-16(12-13)14-4-2-1-3-5-14/h1-5,13,15,17H,6-12H2. The van der Waals surface area contributed by atoms with Crippen LogP contribution >= 0.6 is 0 Å². The van der Waals surface area contributed by atoms with Gasteiger partial charge in [0.15, 0.2) is 0 Å². The van der Waals surface area contributed by atoms with Crippen molar-refractivity contribution in [1.29, 1.82) is 0 Å². The van der Waals surface area contributed by atoms with E-state index in [2.05, 4.69) is 34.5 Å². The van der Waals surface area contributed by atoms with E-state index in [1.165, 1.54) is 12.1 Å². The molecule has 1 aliphatic heterocycles. The van der Waals surface area contributed by atoms with Crippen molar-refractivity contribution in [1.82, 2.24) is 5.32 Å². The molecule has 1 saturated heterocycles. The Hall–Kier alpha value is -1.10. The van der Waals surface area contributed by atoms with Gasteiger partial charge in [-0.3, -0.25) is 0 Å². The third kappa shape index (κ3) is 3.98. The highest BCUT2D eigenvalue weighted by molar-refractivity contribution is 5.47. The molecule has 1 aromatic carbocycles. The molecule has 1 atom stereocenters. The first-order chi connectivity index (χ1) is 8.90. The Morgan fingerprint density at radius 3 is 2.89 bits per heavy atom. The van der Waals surface area contributed by atoms with Crippen LogP contribution in [0.5, 0.6) is 0 Å². The van der Waals surface area contributed by atoms with Gasteiger partial charge in [-0.2, -0.15) is 0 Å². The Labute approximate surface area is 109 Å². The lowest BCUT2D eigenvalue weighted by atomic mass is 10.2. The fourth-order valence-corrected chi connectivity index (χ4v) is 2.30. The second-order valence-corrected chi connectivity index (χ2v) is 4.56. The van der Waals surface area contributed by atoms with Gasteiger partial charge in [0.25, 0.3) is 0 Å². The van der Waals surface area contributed by atoms with Crippen molar-refractivity contribution in [2.75, 3.05) is 44.4 Å². The largest absolute Gasteiger partial charge is 0.394 e. The first-order valence-corrected chi connectivity index (χ1v) is 6.62. The molecule has 1 heterocycles. The number of anilines is 1. The van der Waals surface area contributed by atoms with Gasteiger partial charge in [0.05, 0.1) is 19.8 Å². The van der Waals surface area contributed by atoms with E-state index in [9.17, 15) is 0 Å². The van der Waals surface area contributed by atoms with Gasteiger partial charge in [-0.05, 0) is 18.6 Å². The van der Waals surface area contributed by atoms with Crippen molar-refractivity contribution in [3.05, 3.63) is 30.3 Å². The minimum atomic E-state index is 0.102. The van der Waals surface area contributed by atoms with Crippen LogP contribution in [0.1, 0.15) is 6.42 Å². The predicted octanol–water partition coefficient (Wildman–Crippen LogP) is 0.864. The topological polar surface area (TPSA) is 44.7 Å². The van der Waals surface area contributed by atoms with Crippen LogP contribution in [0.25, 0.3) is 0 Å². The number of nitrogens with zero attached hydrogens (tertiary/aromatic N) is 1. The van der Waals surface area contributed by atoms with Crippen molar-refractivity contribution in [3.63, 3.8) is 0 Å². The number of hydrogen-bond acceptors (Lipinski definition) is 4. The Bertz CT molecular complexity index is 332. The van der Waals surface area contributed by atoms with Gasteiger partial charge in [0.1, 0.15) is 0 Å². The van der Waals surface area contributed by atoms with Gasteiger partial charge in [-0.25, -0.2) is 0 Å². The summed E-state index contributed by atoms with van der Waals surface area (Å²) < 4.78 is 5.23. The molecule has 0 saturated carbocycles. The lowest BCUT2D eigenvalue weighted by Gasteiger charge is -2.19. The molecule has 1 aliphatic rings. The summed E-state index contributed by atoms with van der Waals surface area (Å²) in [7, 11) is 0. The van der Waals surface area contributed by atoms with Gasteiger partial charge in [-0.1, -0.05) is 18.2 Å². The Morgan fingerprint density at radius 2 is 2.11 bits per heavy atom. The average Bonchev–Trinajstić information content (AvgIpc) is 2.88. The Kier molecular flexibility index (Phi) is 5.45. The SMILES string of the molecule is OCCOCCNC1CCN(c2ccccc2)C1. The highest BCUT2D eigenvalue weighted by Gasteiger charge is 2.21. The molecular weight excluding hydrogens is 228 g/mol. The van der Waals surface area contributed by atoms with Crippen molar-refractivity contribution >= 4 is 5.69 Å². The molecule has 0 radical (unpaired) electrons. The second kappa shape index (κ2) is 7.36. The average molecular weight is 250 g/mol. The molecule has 0 aliphatic carbocycles. The number of ether oxygens (including phenoxy) is 1. The molecule has 0 amide bonds. The van der Waals surface area contributed by atoms with Crippen LogP contribution in [-0.2, 0) is 4.74 Å². The third-order valence-corrected chi connectivity index (χ3v) is 3.22. The first-order valence-electron chi connectivity index (χ1n) is 6.62. The number of aliphatic hydroxyl groups excluding tert-OH is 1. The van der Waals surface area contributed by atoms with Crippen LogP contribution in [-0.4, -0.2) is 50.6 Å². The Morgan fingerprint density at radius 1 is 1.28 bits per heavy atom. The summed E-state index contributed by atoms with van der Waals surface area (Å²) in [6.07, 6.45) is 1.18. The highest BCUT2D eigenvalue weighted by atomic mass is 16.5. The van der Waals surface area contributed by atoms with E-state index in [0.717, 1.165) is 19.6 Å². The predicted molar refractivity (Wildman–Crippen MR) is 73.0 cm³/mol. The number of hydrogen-bond donors (Lipinski definition) is 2. The van der Waals surface area contributed by atoms with Gasteiger partial charge in [-0.15, -0.1) is 0 Å². The van der Waals surface area contributed by atoms with Crippen molar-refractivity contribution in [3.8, 4) is 0 Å². The molecule has 100 valence electrons. The van der Waals surface area contributed by atoms with E-state index in [1.807, 2.05) is 6.07 Å². The lowest BCUT2D eigenvalue weighted by molar-refractivity contribution is 0.0929. The maximum atomic E-state index is 8.59. The molecule has 2 rings (SSSR count). The molecule has 0 spiro atoms. The van der Waals surface area contributed by atoms with E-state index in [0.29, 0.717) is 19.3 Å². The van der Waals surface area contributed by atoms with Crippen LogP contribution in [0, 0.1) is 0 Å². The molecule has 4 nitrogen and oxygen atoms in total. The summed E-state index contributed by atoms with van der Waals surface area (Å²) in [4.78, 5) is 2.41. The molecule has 18 heavy (non-hydrogen) atoms. The minimum absolute atomic E-state index is 0.102. The molecule has 2 N–H and O–H groups in total. The van der Waals surface area contributed by atoms with Crippen molar-refractivity contribution in [2.24, 2.45) is 0 Å². The zero-order valence-electron chi connectivity index (χ0n) is 10.7. The van der Waals surface area contributed by atoms with Gasteiger partial charge >= 0.3 is 0 Å². The van der Waals surface area contributed by atoms with Crippen LogP contribution in [0.2, 0.25) is 0 Å². The van der Waals surface area contributed by atoms with Crippen LogP contribution in [0.4, 0.5) is 5.69 Å². The minimum Gasteiger partial charge on any atom is -0.394 e. The first kappa shape index (κ1) is 13.3. The zero-order valence-corrected chi connectivity index (χ0v) is 10.7. The zero-order chi connectivity index (χ0) is 12.6. The number of benzene rings is 1. The summed E-state index contributed by atoms with van der Waals surface area (Å²) in [5, 5.41) is 12.1. The van der Waals surface area contributed by atoms with E-state index in [1.54, 1.807) is 0 Å². The van der Waals surface area contributed by atoms with Crippen LogP contribution in [0.3, 0.4) is 0 Å². The van der Waals surface area contributed by atoms with Gasteiger partial charge < -0.3 is 20.1 Å². The van der Waals surface area contributed by atoms with Crippen LogP contribution in [0.15, 0.2) is 30.3 Å². The van der Waals surface area contributed by atoms with Gasteiger partial charge in [0.2, 0.25) is 0 Å². The van der Waals surface area contributed by atoms with Crippen LogP contribution < -0.4 is 10.2 Å². The summed E-state index contributed by atoms with van der Waals surface area (Å²) in [5.74, 6) is 0. The summed E-state index contributed by atoms with van der Waals surface area (Å²) in [5.41, 5.74) is 1.30. The maximum Gasteiger partial charge on any atom is 0.0698 e. The molecule has 1 fully saturated rings. The summed E-state index contributed by atoms with van der Waals surface area (Å²) in [6, 6.07) is 11.1. The smallest absolute Gasteiger partial charge is 0.0698 e. The molecule has 4 heteroatoms. The molecular formula is C14H22N2O2. The number of nitrogens with one attached hydrogen (secondary N) is 1. The lowest BCUT2D eigenvalue weighted by Crippen LogP contribution is -2.34. The summed E-state index contributed by atoms with van der Waals surface area (Å²) in [6.45, 7) is 4.23. The van der Waals surface area contributed by atoms with Crippen molar-refractivity contribution in [2.45, 2.75) is 12.5 Å². The van der Waals surface area contributed by atoms with E-state index in [-0.39, 0.29) is 6.61 Å². The monoisotopic (exact) mass is 250 g/mol. The molecule has 1 unspecified atom stereocenters. The normalized spacial score (nSPS) is 19.4. The maximum absolute atomic E-state index is 8.59. The highest BCUT2D eigenvalue weighted by Crippen LogP contribution is 2.19. The number of para-hydroxylation sites is 1. The van der Waals surface area contributed by atoms with E-state index >= 15 is 0 Å². The summed E-state index contributed by atoms with van der Waals surface area (Å²) >= 11 is 0. The van der Waals surface area contributed by atoms with E-state index < -0.39 is 0 Å². The third-order valence-electron chi connectivity index (χ3n) is 3.22. The number of aliphatic hydroxyl groups is 1. The van der Waals surface area contributed by atoms with Crippen molar-refractivity contribution < 1.29 is 9.84 Å². The number of rotatable bonds is 7. The molecule has 1 aromatic rings. The molecule has 0 bridgehead atoms. The fourth-order valence-electron chi connectivity index (χ4n) is 2.30. The van der Waals surface area contributed by atoms with E-state index in [4.69, 9.17) is 9.84 Å². The Balaban J connectivity index is 1.66. The second-order valence-electron chi connectivity index (χ2n) is 4.56.